The molecule has 5 N–H and O–H groups in total. The van der Waals surface area contributed by atoms with E-state index in [0.717, 1.165) is 30.4 Å². The molecule has 1 saturated carbocycles. The molecule has 0 aromatic carbocycles. The molecular formula is C26H40O9. The van der Waals surface area contributed by atoms with Gasteiger partial charge in [-0.3, -0.25) is 9.59 Å². The highest BCUT2D eigenvalue weighted by molar-refractivity contribution is 5.98. The summed E-state index contributed by atoms with van der Waals surface area (Å²) >= 11 is 0. The molecule has 35 heavy (non-hydrogen) atoms. The van der Waals surface area contributed by atoms with E-state index < -0.39 is 60.0 Å². The van der Waals surface area contributed by atoms with Gasteiger partial charge in [0, 0.05) is 5.92 Å². The topological polar surface area (TPSA) is 154 Å². The zero-order chi connectivity index (χ0) is 26.1. The van der Waals surface area contributed by atoms with E-state index in [2.05, 4.69) is 6.92 Å². The zero-order valence-corrected chi connectivity index (χ0v) is 21.0. The molecule has 9 nitrogen and oxygen atoms in total. The number of hydrogen-bond donors (Lipinski definition) is 5. The molecular weight excluding hydrogens is 456 g/mol. The fourth-order valence-corrected chi connectivity index (χ4v) is 6.61. The van der Waals surface area contributed by atoms with E-state index in [4.69, 9.17) is 9.47 Å². The minimum absolute atomic E-state index is 0.0223. The van der Waals surface area contributed by atoms with Gasteiger partial charge in [-0.25, -0.2) is 0 Å². The number of allylic oxidation sites excluding steroid dienone is 3. The first-order valence-electron chi connectivity index (χ1n) is 12.4. The Kier molecular flexibility index (Phi) is 8.61. The Balaban J connectivity index is 1.87. The second-order valence-corrected chi connectivity index (χ2v) is 10.9. The molecule has 0 bridgehead atoms. The van der Waals surface area contributed by atoms with Crippen LogP contribution in [0.15, 0.2) is 23.3 Å². The molecule has 9 heteroatoms. The molecule has 0 spiro atoms. The quantitative estimate of drug-likeness (QED) is 0.257. The summed E-state index contributed by atoms with van der Waals surface area (Å²) < 4.78 is 10.9. The number of carbonyl (C=O) groups is 2. The van der Waals surface area contributed by atoms with E-state index in [1.54, 1.807) is 19.1 Å². The lowest BCUT2D eigenvalue weighted by molar-refractivity contribution is -0.296. The van der Waals surface area contributed by atoms with Gasteiger partial charge in [0.1, 0.15) is 24.4 Å². The van der Waals surface area contributed by atoms with Gasteiger partial charge >= 0.3 is 5.97 Å². The van der Waals surface area contributed by atoms with Crippen molar-refractivity contribution < 1.29 is 44.6 Å². The Morgan fingerprint density at radius 3 is 2.49 bits per heavy atom. The summed E-state index contributed by atoms with van der Waals surface area (Å²) in [6, 6.07) is 0. The maximum absolute atomic E-state index is 13.6. The van der Waals surface area contributed by atoms with Gasteiger partial charge in [0.2, 0.25) is 6.29 Å². The van der Waals surface area contributed by atoms with Crippen LogP contribution >= 0.6 is 0 Å². The van der Waals surface area contributed by atoms with Crippen LogP contribution in [-0.4, -0.2) is 81.2 Å². The van der Waals surface area contributed by atoms with Crippen LogP contribution in [-0.2, 0) is 19.1 Å². The smallest absolute Gasteiger partial charge is 0.314 e. The normalized spacial score (nSPS) is 42.3. The van der Waals surface area contributed by atoms with Gasteiger partial charge < -0.3 is 35.0 Å². The Labute approximate surface area is 206 Å². The van der Waals surface area contributed by atoms with Gasteiger partial charge in [-0.2, -0.15) is 0 Å². The van der Waals surface area contributed by atoms with Crippen LogP contribution in [0.25, 0.3) is 0 Å². The van der Waals surface area contributed by atoms with Crippen LogP contribution in [0.1, 0.15) is 59.8 Å². The standard InChI is InChI=1S/C26H40O9/c1-14(8-11-27)6-7-16-15(2)12-17(29)22-25(16,3)9-5-10-26(22,4)24(33)35-23-21(32)20(31)19(30)18(13-28)34-23/h8,12,16,18-23,27-28,30-32H,5-7,9-11,13H2,1-4H3/t16-,18+,19+,20-,21+,22+,23-,25+,26-/m0/s1. The van der Waals surface area contributed by atoms with Gasteiger partial charge in [-0.1, -0.05) is 30.6 Å². The van der Waals surface area contributed by atoms with Crippen LogP contribution in [0, 0.1) is 22.7 Å². The Bertz CT molecular complexity index is 865. The first-order valence-corrected chi connectivity index (χ1v) is 12.4. The lowest BCUT2D eigenvalue weighted by Gasteiger charge is -2.55. The summed E-state index contributed by atoms with van der Waals surface area (Å²) in [5, 5.41) is 49.0. The number of fused-ring (bicyclic) bond motifs is 1. The Hall–Kier alpha value is -1.62. The molecule has 0 unspecified atom stereocenters. The maximum atomic E-state index is 13.6. The molecule has 3 aliphatic rings. The second kappa shape index (κ2) is 10.8. The predicted molar refractivity (Wildman–Crippen MR) is 126 cm³/mol. The van der Waals surface area contributed by atoms with Crippen molar-refractivity contribution in [3.05, 3.63) is 23.3 Å². The number of ketones is 1. The number of rotatable bonds is 7. The summed E-state index contributed by atoms with van der Waals surface area (Å²) in [6.07, 6.45) is -0.865. The minimum atomic E-state index is -1.70. The highest BCUT2D eigenvalue weighted by atomic mass is 16.7. The maximum Gasteiger partial charge on any atom is 0.314 e. The van der Waals surface area contributed by atoms with Crippen molar-refractivity contribution in [3.8, 4) is 0 Å². The Morgan fingerprint density at radius 2 is 1.86 bits per heavy atom. The molecule has 1 heterocycles. The predicted octanol–water partition coefficient (Wildman–Crippen LogP) is 1.01. The SMILES string of the molecule is CC(=CCO)CC[C@H]1C(C)=CC(=O)[C@@H]2[C@]1(C)CCC[C@]2(C)C(=O)O[C@@H]1O[C@H](CO)[C@@H](O)[C@H](O)[C@H]1O. The average Bonchev–Trinajstić information content (AvgIpc) is 2.78. The molecule has 0 aromatic heterocycles. The number of aliphatic hydroxyl groups excluding tert-OH is 5. The first kappa shape index (κ1) is 28.0. The fraction of sp³-hybridized carbons (Fsp3) is 0.769. The third-order valence-electron chi connectivity index (χ3n) is 8.51. The van der Waals surface area contributed by atoms with E-state index in [-0.39, 0.29) is 18.3 Å². The van der Waals surface area contributed by atoms with Crippen LogP contribution < -0.4 is 0 Å². The number of carbonyl (C=O) groups excluding carboxylic acids is 2. The molecule has 2 fully saturated rings. The third-order valence-corrected chi connectivity index (χ3v) is 8.51. The number of ether oxygens (including phenoxy) is 2. The van der Waals surface area contributed by atoms with Crippen LogP contribution in [0.2, 0.25) is 0 Å². The van der Waals surface area contributed by atoms with Gasteiger partial charge in [0.15, 0.2) is 5.78 Å². The minimum Gasteiger partial charge on any atom is -0.432 e. The monoisotopic (exact) mass is 496 g/mol. The van der Waals surface area contributed by atoms with Gasteiger partial charge in [0.25, 0.3) is 0 Å². The average molecular weight is 497 g/mol. The number of esters is 1. The van der Waals surface area contributed by atoms with Crippen molar-refractivity contribution in [1.82, 2.24) is 0 Å². The van der Waals surface area contributed by atoms with Crippen molar-refractivity contribution in [2.45, 2.75) is 90.5 Å². The fourth-order valence-electron chi connectivity index (χ4n) is 6.61. The van der Waals surface area contributed by atoms with Crippen molar-refractivity contribution in [2.24, 2.45) is 22.7 Å². The van der Waals surface area contributed by atoms with E-state index in [1.807, 2.05) is 13.8 Å². The highest BCUT2D eigenvalue weighted by Gasteiger charge is 2.61. The largest absolute Gasteiger partial charge is 0.432 e. The molecule has 198 valence electrons. The van der Waals surface area contributed by atoms with E-state index in [1.165, 1.54) is 0 Å². The number of aliphatic hydroxyl groups is 5. The third kappa shape index (κ3) is 5.12. The zero-order valence-electron chi connectivity index (χ0n) is 21.0. The van der Waals surface area contributed by atoms with Gasteiger partial charge in [-0.05, 0) is 63.9 Å². The van der Waals surface area contributed by atoms with Crippen molar-refractivity contribution in [1.29, 1.82) is 0 Å². The molecule has 0 radical (unpaired) electrons. The second-order valence-electron chi connectivity index (χ2n) is 10.9. The van der Waals surface area contributed by atoms with Crippen molar-refractivity contribution in [3.63, 3.8) is 0 Å². The van der Waals surface area contributed by atoms with Crippen molar-refractivity contribution >= 4 is 11.8 Å². The Morgan fingerprint density at radius 1 is 1.17 bits per heavy atom. The summed E-state index contributed by atoms with van der Waals surface area (Å²) in [4.78, 5) is 27.0. The summed E-state index contributed by atoms with van der Waals surface area (Å²) in [6.45, 7) is 7.03. The van der Waals surface area contributed by atoms with Crippen molar-refractivity contribution in [2.75, 3.05) is 13.2 Å². The molecule has 1 aliphatic heterocycles. The van der Waals surface area contributed by atoms with E-state index in [0.29, 0.717) is 12.8 Å². The van der Waals surface area contributed by atoms with Crippen LogP contribution in [0.3, 0.4) is 0 Å². The molecule has 9 atom stereocenters. The van der Waals surface area contributed by atoms with Gasteiger partial charge in [-0.15, -0.1) is 0 Å². The molecule has 1 saturated heterocycles. The summed E-state index contributed by atoms with van der Waals surface area (Å²) in [7, 11) is 0. The summed E-state index contributed by atoms with van der Waals surface area (Å²) in [5.74, 6) is -1.42. The molecule has 0 amide bonds. The molecule has 3 rings (SSSR count). The summed E-state index contributed by atoms with van der Waals surface area (Å²) in [5.41, 5.74) is 0.376. The highest BCUT2D eigenvalue weighted by Crippen LogP contribution is 2.60. The molecule has 2 aliphatic carbocycles. The van der Waals surface area contributed by atoms with E-state index in [9.17, 15) is 35.1 Å². The number of hydrogen-bond acceptors (Lipinski definition) is 9. The lowest BCUT2D eigenvalue weighted by atomic mass is 9.47. The first-order chi connectivity index (χ1) is 16.4. The lowest BCUT2D eigenvalue weighted by Crippen LogP contribution is -2.61. The van der Waals surface area contributed by atoms with Gasteiger partial charge in [0.05, 0.1) is 18.6 Å². The van der Waals surface area contributed by atoms with E-state index >= 15 is 0 Å². The molecule has 0 aromatic rings. The van der Waals surface area contributed by atoms with Crippen LogP contribution in [0.4, 0.5) is 0 Å². The van der Waals surface area contributed by atoms with Crippen LogP contribution in [0.5, 0.6) is 0 Å².